The zero-order chi connectivity index (χ0) is 17.6. The van der Waals surface area contributed by atoms with Crippen LogP contribution in [-0.4, -0.2) is 18.7 Å². The van der Waals surface area contributed by atoms with E-state index in [1.807, 2.05) is 67.6 Å². The van der Waals surface area contributed by atoms with Crippen LogP contribution in [-0.2, 0) is 4.79 Å². The maximum Gasteiger partial charge on any atom is 0.277 e. The van der Waals surface area contributed by atoms with Crippen LogP contribution in [0.15, 0.2) is 70.2 Å². The van der Waals surface area contributed by atoms with Gasteiger partial charge in [-0.05, 0) is 45.3 Å². The van der Waals surface area contributed by atoms with Gasteiger partial charge >= 0.3 is 0 Å². The summed E-state index contributed by atoms with van der Waals surface area (Å²) in [5.74, 6) is 0.306. The SMILES string of the molecule is Cc1cccc(C=NNC(=O)COc2ccc3ccccc3c2Br)c1. The lowest BCUT2D eigenvalue weighted by Crippen LogP contribution is -2.24. The first kappa shape index (κ1) is 17.2. The van der Waals surface area contributed by atoms with Crippen molar-refractivity contribution in [3.63, 3.8) is 0 Å². The minimum Gasteiger partial charge on any atom is -0.483 e. The van der Waals surface area contributed by atoms with Crippen LogP contribution in [0.5, 0.6) is 5.75 Å². The number of rotatable bonds is 5. The highest BCUT2D eigenvalue weighted by Crippen LogP contribution is 2.32. The van der Waals surface area contributed by atoms with Gasteiger partial charge in [-0.25, -0.2) is 5.43 Å². The summed E-state index contributed by atoms with van der Waals surface area (Å²) in [6, 6.07) is 19.6. The molecule has 0 aromatic heterocycles. The normalized spacial score (nSPS) is 11.0. The molecule has 1 N–H and O–H groups in total. The highest BCUT2D eigenvalue weighted by molar-refractivity contribution is 9.10. The summed E-state index contributed by atoms with van der Waals surface area (Å²) < 4.78 is 6.43. The molecule has 0 unspecified atom stereocenters. The van der Waals surface area contributed by atoms with Gasteiger partial charge in [-0.2, -0.15) is 5.10 Å². The number of fused-ring (bicyclic) bond motifs is 1. The molecule has 0 fully saturated rings. The summed E-state index contributed by atoms with van der Waals surface area (Å²) in [7, 11) is 0. The van der Waals surface area contributed by atoms with E-state index >= 15 is 0 Å². The molecule has 25 heavy (non-hydrogen) atoms. The molecule has 0 saturated carbocycles. The van der Waals surface area contributed by atoms with E-state index in [4.69, 9.17) is 4.74 Å². The maximum atomic E-state index is 11.9. The molecule has 0 heterocycles. The molecule has 0 aliphatic carbocycles. The van der Waals surface area contributed by atoms with E-state index in [-0.39, 0.29) is 12.5 Å². The lowest BCUT2D eigenvalue weighted by atomic mass is 10.1. The smallest absolute Gasteiger partial charge is 0.277 e. The largest absolute Gasteiger partial charge is 0.483 e. The van der Waals surface area contributed by atoms with E-state index in [0.29, 0.717) is 5.75 Å². The Balaban J connectivity index is 1.58. The number of halogens is 1. The van der Waals surface area contributed by atoms with E-state index in [1.54, 1.807) is 6.21 Å². The molecule has 3 rings (SSSR count). The number of nitrogens with one attached hydrogen (secondary N) is 1. The van der Waals surface area contributed by atoms with E-state index in [1.165, 1.54) is 0 Å². The lowest BCUT2D eigenvalue weighted by Gasteiger charge is -2.09. The molecule has 0 bridgehead atoms. The topological polar surface area (TPSA) is 50.7 Å². The number of hydrogen-bond acceptors (Lipinski definition) is 3. The van der Waals surface area contributed by atoms with Crippen LogP contribution < -0.4 is 10.2 Å². The van der Waals surface area contributed by atoms with Crippen LogP contribution in [0.1, 0.15) is 11.1 Å². The summed E-state index contributed by atoms with van der Waals surface area (Å²) in [5.41, 5.74) is 4.54. The molecule has 0 aliphatic heterocycles. The Morgan fingerprint density at radius 2 is 2.00 bits per heavy atom. The average molecular weight is 397 g/mol. The number of nitrogens with zero attached hydrogens (tertiary/aromatic N) is 1. The van der Waals surface area contributed by atoms with Crippen molar-refractivity contribution in [1.29, 1.82) is 0 Å². The van der Waals surface area contributed by atoms with Crippen LogP contribution in [0.4, 0.5) is 0 Å². The fourth-order valence-electron chi connectivity index (χ4n) is 2.43. The Morgan fingerprint density at radius 3 is 2.84 bits per heavy atom. The van der Waals surface area contributed by atoms with E-state index in [2.05, 4.69) is 26.5 Å². The third-order valence-electron chi connectivity index (χ3n) is 3.63. The molecule has 1 amide bonds. The van der Waals surface area contributed by atoms with Gasteiger partial charge < -0.3 is 4.74 Å². The van der Waals surface area contributed by atoms with Gasteiger partial charge in [0.05, 0.1) is 10.7 Å². The number of hydrazone groups is 1. The number of carbonyl (C=O) groups excluding carboxylic acids is 1. The molecular weight excluding hydrogens is 380 g/mol. The molecule has 0 spiro atoms. The first-order valence-corrected chi connectivity index (χ1v) is 8.61. The van der Waals surface area contributed by atoms with Crippen molar-refractivity contribution < 1.29 is 9.53 Å². The second-order valence-electron chi connectivity index (χ2n) is 5.59. The van der Waals surface area contributed by atoms with Gasteiger partial charge in [0.25, 0.3) is 5.91 Å². The van der Waals surface area contributed by atoms with Gasteiger partial charge in [-0.3, -0.25) is 4.79 Å². The number of amides is 1. The molecule has 0 aliphatic rings. The van der Waals surface area contributed by atoms with Crippen molar-refractivity contribution in [3.05, 3.63) is 76.3 Å². The molecule has 0 radical (unpaired) electrons. The van der Waals surface area contributed by atoms with Crippen LogP contribution in [0.2, 0.25) is 0 Å². The highest BCUT2D eigenvalue weighted by Gasteiger charge is 2.08. The predicted octanol–water partition coefficient (Wildman–Crippen LogP) is 4.44. The molecule has 3 aromatic carbocycles. The summed E-state index contributed by atoms with van der Waals surface area (Å²) in [6.45, 7) is 1.90. The van der Waals surface area contributed by atoms with Gasteiger partial charge in [0.1, 0.15) is 5.75 Å². The third-order valence-corrected chi connectivity index (χ3v) is 4.45. The van der Waals surface area contributed by atoms with Crippen LogP contribution in [0.25, 0.3) is 10.8 Å². The molecule has 5 heteroatoms. The van der Waals surface area contributed by atoms with Gasteiger partial charge in [-0.15, -0.1) is 0 Å². The number of ether oxygens (including phenoxy) is 1. The second kappa shape index (κ2) is 7.94. The standard InChI is InChI=1S/C20H17BrN2O2/c1-14-5-4-6-15(11-14)12-22-23-19(24)13-25-18-10-9-16-7-2-3-8-17(16)20(18)21/h2-12H,13H2,1H3,(H,23,24). The minimum absolute atomic E-state index is 0.109. The minimum atomic E-state index is -0.316. The fraction of sp³-hybridized carbons (Fsp3) is 0.100. The zero-order valence-corrected chi connectivity index (χ0v) is 15.3. The summed E-state index contributed by atoms with van der Waals surface area (Å²) >= 11 is 3.54. The van der Waals surface area contributed by atoms with Crippen molar-refractivity contribution in [2.24, 2.45) is 5.10 Å². The molecule has 3 aromatic rings. The van der Waals surface area contributed by atoms with Crippen molar-refractivity contribution in [2.45, 2.75) is 6.92 Å². The van der Waals surface area contributed by atoms with Crippen LogP contribution in [0.3, 0.4) is 0 Å². The van der Waals surface area contributed by atoms with Crippen molar-refractivity contribution in [2.75, 3.05) is 6.61 Å². The van der Waals surface area contributed by atoms with Gasteiger partial charge in [0.15, 0.2) is 6.61 Å². The second-order valence-corrected chi connectivity index (χ2v) is 6.39. The zero-order valence-electron chi connectivity index (χ0n) is 13.7. The maximum absolute atomic E-state index is 11.9. The summed E-state index contributed by atoms with van der Waals surface area (Å²) in [6.07, 6.45) is 1.61. The highest BCUT2D eigenvalue weighted by atomic mass is 79.9. The van der Waals surface area contributed by atoms with Crippen LogP contribution in [0, 0.1) is 6.92 Å². The van der Waals surface area contributed by atoms with Gasteiger partial charge in [0, 0.05) is 0 Å². The number of aryl methyl sites for hydroxylation is 1. The van der Waals surface area contributed by atoms with Gasteiger partial charge in [-0.1, -0.05) is 60.2 Å². The monoisotopic (exact) mass is 396 g/mol. The van der Waals surface area contributed by atoms with Crippen molar-refractivity contribution in [3.8, 4) is 5.75 Å². The number of benzene rings is 3. The Hall–Kier alpha value is -2.66. The first-order chi connectivity index (χ1) is 12.1. The van der Waals surface area contributed by atoms with E-state index in [9.17, 15) is 4.79 Å². The number of carbonyl (C=O) groups is 1. The molecule has 126 valence electrons. The van der Waals surface area contributed by atoms with Crippen LogP contribution >= 0.6 is 15.9 Å². The van der Waals surface area contributed by atoms with Crippen molar-refractivity contribution >= 4 is 38.8 Å². The molecule has 0 atom stereocenters. The average Bonchev–Trinajstić information content (AvgIpc) is 2.61. The Labute approximate surface area is 154 Å². The quantitative estimate of drug-likeness (QED) is 0.511. The van der Waals surface area contributed by atoms with Gasteiger partial charge in [0.2, 0.25) is 0 Å². The van der Waals surface area contributed by atoms with E-state index < -0.39 is 0 Å². The van der Waals surface area contributed by atoms with E-state index in [0.717, 1.165) is 26.4 Å². The lowest BCUT2D eigenvalue weighted by molar-refractivity contribution is -0.123. The summed E-state index contributed by atoms with van der Waals surface area (Å²) in [4.78, 5) is 11.9. The van der Waals surface area contributed by atoms with Crippen molar-refractivity contribution in [1.82, 2.24) is 5.43 Å². The molecule has 4 nitrogen and oxygen atoms in total. The summed E-state index contributed by atoms with van der Waals surface area (Å²) in [5, 5.41) is 6.10. The molecule has 0 saturated heterocycles. The predicted molar refractivity (Wildman–Crippen MR) is 104 cm³/mol. The molecular formula is C20H17BrN2O2. The Kier molecular flexibility index (Phi) is 5.46. The Bertz CT molecular complexity index is 938. The Morgan fingerprint density at radius 1 is 1.16 bits per heavy atom. The third kappa shape index (κ3) is 4.45. The fourth-order valence-corrected chi connectivity index (χ4v) is 3.04. The first-order valence-electron chi connectivity index (χ1n) is 7.82. The number of hydrogen-bond donors (Lipinski definition) is 1.